The van der Waals surface area contributed by atoms with Crippen LogP contribution in [-0.2, 0) is 0 Å². The van der Waals surface area contributed by atoms with E-state index in [-0.39, 0.29) is 5.84 Å². The molecule has 1 rings (SSSR count). The van der Waals surface area contributed by atoms with Crippen LogP contribution in [0, 0.1) is 5.41 Å². The van der Waals surface area contributed by atoms with Gasteiger partial charge in [-0.2, -0.15) is 0 Å². The molecule has 11 heavy (non-hydrogen) atoms. The summed E-state index contributed by atoms with van der Waals surface area (Å²) in [5, 5.41) is 7.20. The van der Waals surface area contributed by atoms with Crippen molar-refractivity contribution in [2.75, 3.05) is 6.26 Å². The van der Waals surface area contributed by atoms with Crippen molar-refractivity contribution in [2.45, 2.75) is 4.90 Å². The van der Waals surface area contributed by atoms with Crippen molar-refractivity contribution in [3.8, 4) is 0 Å². The minimum Gasteiger partial charge on any atom is -0.384 e. The lowest BCUT2D eigenvalue weighted by atomic mass is 10.3. The normalized spacial score (nSPS) is 9.55. The van der Waals surface area contributed by atoms with Crippen LogP contribution in [0.3, 0.4) is 0 Å². The highest BCUT2D eigenvalue weighted by atomic mass is 32.2. The predicted octanol–water partition coefficient (Wildman–Crippen LogP) is 1.09. The lowest BCUT2D eigenvalue weighted by molar-refractivity contribution is 1.22. The average molecular weight is 167 g/mol. The summed E-state index contributed by atoms with van der Waals surface area (Å²) in [7, 11) is 0. The van der Waals surface area contributed by atoms with E-state index in [1.807, 2.05) is 12.3 Å². The van der Waals surface area contributed by atoms with Gasteiger partial charge in [-0.25, -0.2) is 0 Å². The fraction of sp³-hybridized carbons (Fsp3) is 0.143. The van der Waals surface area contributed by atoms with Crippen molar-refractivity contribution in [1.82, 2.24) is 4.98 Å². The first kappa shape index (κ1) is 8.07. The van der Waals surface area contributed by atoms with E-state index >= 15 is 0 Å². The predicted molar refractivity (Wildman–Crippen MR) is 47.0 cm³/mol. The highest BCUT2D eigenvalue weighted by Gasteiger charge is 2.02. The van der Waals surface area contributed by atoms with Crippen molar-refractivity contribution in [3.05, 3.63) is 24.0 Å². The molecule has 1 heterocycles. The zero-order chi connectivity index (χ0) is 8.27. The molecule has 0 amide bonds. The molecule has 0 spiro atoms. The summed E-state index contributed by atoms with van der Waals surface area (Å²) < 4.78 is 0. The number of thioether (sulfide) groups is 1. The molecular formula is C7H9N3S. The zero-order valence-corrected chi connectivity index (χ0v) is 6.98. The van der Waals surface area contributed by atoms with Gasteiger partial charge in [-0.15, -0.1) is 11.8 Å². The Hall–Kier alpha value is -1.03. The van der Waals surface area contributed by atoms with Gasteiger partial charge < -0.3 is 5.73 Å². The van der Waals surface area contributed by atoms with Crippen LogP contribution in [0.4, 0.5) is 0 Å². The van der Waals surface area contributed by atoms with E-state index in [4.69, 9.17) is 11.1 Å². The molecule has 0 atom stereocenters. The number of pyridine rings is 1. The Morgan fingerprint density at radius 2 is 2.45 bits per heavy atom. The summed E-state index contributed by atoms with van der Waals surface area (Å²) in [5.74, 6) is 0.0717. The molecule has 1 aromatic heterocycles. The number of aromatic nitrogens is 1. The summed E-state index contributed by atoms with van der Waals surface area (Å²) in [6, 6.07) is 1.85. The lowest BCUT2D eigenvalue weighted by Gasteiger charge is -2.02. The Kier molecular flexibility index (Phi) is 2.48. The average Bonchev–Trinajstić information content (AvgIpc) is 2.04. The molecule has 1 aromatic rings. The first-order valence-corrected chi connectivity index (χ1v) is 4.30. The van der Waals surface area contributed by atoms with Crippen LogP contribution < -0.4 is 5.73 Å². The maximum absolute atomic E-state index is 7.20. The highest BCUT2D eigenvalue weighted by molar-refractivity contribution is 7.98. The van der Waals surface area contributed by atoms with Gasteiger partial charge in [0.15, 0.2) is 0 Å². The molecule has 0 unspecified atom stereocenters. The van der Waals surface area contributed by atoms with Crippen LogP contribution in [0.25, 0.3) is 0 Å². The molecule has 0 aliphatic carbocycles. The lowest BCUT2D eigenvalue weighted by Crippen LogP contribution is -2.12. The third kappa shape index (κ3) is 1.71. The van der Waals surface area contributed by atoms with Crippen molar-refractivity contribution in [3.63, 3.8) is 0 Å². The number of hydrogen-bond acceptors (Lipinski definition) is 3. The fourth-order valence-electron chi connectivity index (χ4n) is 0.762. The van der Waals surface area contributed by atoms with E-state index in [2.05, 4.69) is 4.98 Å². The fourth-order valence-corrected chi connectivity index (χ4v) is 1.34. The van der Waals surface area contributed by atoms with Crippen LogP contribution in [0.5, 0.6) is 0 Å². The van der Waals surface area contributed by atoms with Gasteiger partial charge in [0.2, 0.25) is 0 Å². The van der Waals surface area contributed by atoms with Crippen LogP contribution in [-0.4, -0.2) is 17.1 Å². The summed E-state index contributed by atoms with van der Waals surface area (Å²) in [6.45, 7) is 0. The largest absolute Gasteiger partial charge is 0.384 e. The van der Waals surface area contributed by atoms with Gasteiger partial charge in [-0.1, -0.05) is 0 Å². The maximum Gasteiger partial charge on any atom is 0.125 e. The Labute approximate surface area is 69.5 Å². The van der Waals surface area contributed by atoms with Crippen molar-refractivity contribution < 1.29 is 0 Å². The first-order chi connectivity index (χ1) is 5.25. The number of nitrogens with one attached hydrogen (secondary N) is 1. The van der Waals surface area contributed by atoms with Crippen LogP contribution in [0.1, 0.15) is 5.56 Å². The van der Waals surface area contributed by atoms with E-state index in [1.54, 1.807) is 24.2 Å². The van der Waals surface area contributed by atoms with Gasteiger partial charge in [0.1, 0.15) is 5.84 Å². The number of amidine groups is 1. The molecule has 0 aromatic carbocycles. The third-order valence-electron chi connectivity index (χ3n) is 1.29. The van der Waals surface area contributed by atoms with E-state index in [1.165, 1.54) is 0 Å². The van der Waals surface area contributed by atoms with Gasteiger partial charge in [0.25, 0.3) is 0 Å². The number of nitrogens with zero attached hydrogens (tertiary/aromatic N) is 1. The van der Waals surface area contributed by atoms with Crippen LogP contribution in [0.2, 0.25) is 0 Å². The summed E-state index contributed by atoms with van der Waals surface area (Å²) in [6.07, 6.45) is 5.24. The summed E-state index contributed by atoms with van der Waals surface area (Å²) in [5.41, 5.74) is 6.03. The van der Waals surface area contributed by atoms with Gasteiger partial charge in [0.05, 0.1) is 0 Å². The Bertz CT molecular complexity index is 272. The maximum atomic E-state index is 7.20. The first-order valence-electron chi connectivity index (χ1n) is 3.08. The molecule has 0 saturated carbocycles. The molecule has 0 saturated heterocycles. The molecule has 0 aliphatic heterocycles. The van der Waals surface area contributed by atoms with Gasteiger partial charge in [0, 0.05) is 22.9 Å². The van der Waals surface area contributed by atoms with Crippen LogP contribution >= 0.6 is 11.8 Å². The van der Waals surface area contributed by atoms with Crippen molar-refractivity contribution >= 4 is 17.6 Å². The van der Waals surface area contributed by atoms with Gasteiger partial charge in [-0.3, -0.25) is 10.4 Å². The Morgan fingerprint density at radius 3 is 2.91 bits per heavy atom. The number of nitrogen functional groups attached to an aromatic ring is 1. The van der Waals surface area contributed by atoms with Gasteiger partial charge in [-0.05, 0) is 12.3 Å². The minimum atomic E-state index is 0.0717. The zero-order valence-electron chi connectivity index (χ0n) is 6.16. The van der Waals surface area contributed by atoms with Crippen LogP contribution in [0.15, 0.2) is 23.4 Å². The molecule has 3 N–H and O–H groups in total. The number of hydrogen-bond donors (Lipinski definition) is 2. The number of nitrogens with two attached hydrogens (primary N) is 1. The second kappa shape index (κ2) is 3.39. The molecule has 4 heteroatoms. The SMILES string of the molecule is CSc1ccncc1C(=N)N. The quantitative estimate of drug-likeness (QED) is 0.393. The van der Waals surface area contributed by atoms with E-state index in [9.17, 15) is 0 Å². The Morgan fingerprint density at radius 1 is 1.73 bits per heavy atom. The third-order valence-corrected chi connectivity index (χ3v) is 2.09. The molecule has 0 bridgehead atoms. The smallest absolute Gasteiger partial charge is 0.125 e. The van der Waals surface area contributed by atoms with Crippen molar-refractivity contribution in [1.29, 1.82) is 5.41 Å². The highest BCUT2D eigenvalue weighted by Crippen LogP contribution is 2.17. The monoisotopic (exact) mass is 167 g/mol. The molecular weight excluding hydrogens is 158 g/mol. The van der Waals surface area contributed by atoms with E-state index in [0.29, 0.717) is 5.56 Å². The van der Waals surface area contributed by atoms with E-state index < -0.39 is 0 Å². The topological polar surface area (TPSA) is 62.8 Å². The minimum absolute atomic E-state index is 0.0717. The second-order valence-electron chi connectivity index (χ2n) is 1.99. The molecule has 0 aliphatic rings. The summed E-state index contributed by atoms with van der Waals surface area (Å²) in [4.78, 5) is 4.87. The molecule has 0 radical (unpaired) electrons. The van der Waals surface area contributed by atoms with Gasteiger partial charge >= 0.3 is 0 Å². The molecule has 0 fully saturated rings. The van der Waals surface area contributed by atoms with Crippen molar-refractivity contribution in [2.24, 2.45) is 5.73 Å². The second-order valence-corrected chi connectivity index (χ2v) is 2.84. The van der Waals surface area contributed by atoms with E-state index in [0.717, 1.165) is 4.90 Å². The number of rotatable bonds is 2. The molecule has 3 nitrogen and oxygen atoms in total. The standard InChI is InChI=1S/C7H9N3S/c1-11-6-2-3-10-4-5(6)7(8)9/h2-4H,1H3,(H3,8,9). The molecule has 58 valence electrons. The Balaban J connectivity index is 3.12. The summed E-state index contributed by atoms with van der Waals surface area (Å²) >= 11 is 1.56.